The topological polar surface area (TPSA) is 20.2 Å². The maximum Gasteiger partial charge on any atom is -0.00669 e. The minimum absolute atomic E-state index is 0.576. The summed E-state index contributed by atoms with van der Waals surface area (Å²) in [5.74, 6) is 1.90. The Kier molecular flexibility index (Phi) is 3.68. The summed E-state index contributed by atoms with van der Waals surface area (Å²) in [6.07, 6.45) is 0. The van der Waals surface area contributed by atoms with Crippen molar-refractivity contribution in [1.82, 2.24) is 0 Å². The molecular formula is C4H12OS. The third kappa shape index (κ3) is 2.54. The Bertz CT molecular complexity index is 26.7. The van der Waals surface area contributed by atoms with Crippen LogP contribution in [0.3, 0.4) is 0 Å². The predicted octanol–water partition coefficient (Wildman–Crippen LogP) is 1.50. The van der Waals surface area contributed by atoms with Crippen LogP contribution < -0.4 is 0 Å². The van der Waals surface area contributed by atoms with Gasteiger partial charge in [-0.25, -0.2) is 0 Å². The van der Waals surface area contributed by atoms with E-state index in [1.165, 1.54) is 0 Å². The Morgan fingerprint density at radius 2 is 1.67 bits per heavy atom. The highest BCUT2D eigenvalue weighted by Crippen LogP contribution is 2.14. The molecule has 0 heterocycles. The number of rotatable bonds is 2. The second kappa shape index (κ2) is 3.50. The summed E-state index contributed by atoms with van der Waals surface area (Å²) >= 11 is -0.576. The van der Waals surface area contributed by atoms with Crippen LogP contribution in [0.4, 0.5) is 0 Å². The van der Waals surface area contributed by atoms with Crippen molar-refractivity contribution in [3.63, 3.8) is 0 Å². The normalized spacial score (nSPS) is 11.5. The van der Waals surface area contributed by atoms with E-state index in [9.17, 15) is 0 Å². The van der Waals surface area contributed by atoms with Crippen LogP contribution in [0.5, 0.6) is 0 Å². The number of hydrogen-bond acceptors (Lipinski definition) is 1. The van der Waals surface area contributed by atoms with Crippen molar-refractivity contribution in [2.75, 3.05) is 11.5 Å². The van der Waals surface area contributed by atoms with Crippen LogP contribution in [0.2, 0.25) is 0 Å². The van der Waals surface area contributed by atoms with Crippen LogP contribution in [-0.4, -0.2) is 16.1 Å². The molecule has 1 N–H and O–H groups in total. The van der Waals surface area contributed by atoms with E-state index in [4.69, 9.17) is 4.55 Å². The molecule has 0 spiro atoms. The summed E-state index contributed by atoms with van der Waals surface area (Å²) in [6.45, 7) is 4.02. The van der Waals surface area contributed by atoms with Gasteiger partial charge in [0.15, 0.2) is 0 Å². The van der Waals surface area contributed by atoms with Crippen molar-refractivity contribution in [1.29, 1.82) is 0 Å². The highest BCUT2D eigenvalue weighted by molar-refractivity contribution is 8.11. The molecule has 0 rings (SSSR count). The first kappa shape index (κ1) is 6.31. The van der Waals surface area contributed by atoms with Crippen molar-refractivity contribution in [3.8, 4) is 0 Å². The Morgan fingerprint density at radius 3 is 1.67 bits per heavy atom. The van der Waals surface area contributed by atoms with Gasteiger partial charge in [0.2, 0.25) is 0 Å². The van der Waals surface area contributed by atoms with E-state index in [2.05, 4.69) is 0 Å². The van der Waals surface area contributed by atoms with Crippen molar-refractivity contribution in [2.24, 2.45) is 0 Å². The van der Waals surface area contributed by atoms with Gasteiger partial charge in [-0.2, -0.15) is 11.2 Å². The zero-order valence-electron chi connectivity index (χ0n) is 4.31. The first-order valence-electron chi connectivity index (χ1n) is 2.25. The summed E-state index contributed by atoms with van der Waals surface area (Å²) < 4.78 is 8.73. The molecule has 0 aromatic rings. The SMILES string of the molecule is CC[SH](O)CC. The molecule has 2 heteroatoms. The average Bonchev–Trinajstić information content (AvgIpc) is 1.65. The third-order valence-corrected chi connectivity index (χ3v) is 2.19. The Labute approximate surface area is 41.9 Å². The standard InChI is InChI=1S/C4H12OS/c1-3-6(5)4-2/h5-6H,3-4H2,1-2H3. The van der Waals surface area contributed by atoms with Crippen molar-refractivity contribution in [3.05, 3.63) is 0 Å². The largest absolute Gasteiger partial charge is 0.354 e. The van der Waals surface area contributed by atoms with Gasteiger partial charge in [-0.15, -0.1) is 0 Å². The fraction of sp³-hybridized carbons (Fsp3) is 1.00. The molecule has 0 fully saturated rings. The highest BCUT2D eigenvalue weighted by Gasteiger charge is 1.83. The quantitative estimate of drug-likeness (QED) is 0.514. The molecule has 0 saturated carbocycles. The molecule has 0 radical (unpaired) electrons. The Morgan fingerprint density at radius 1 is 1.33 bits per heavy atom. The third-order valence-electron chi connectivity index (χ3n) is 0.730. The van der Waals surface area contributed by atoms with Crippen molar-refractivity contribution < 1.29 is 4.55 Å². The van der Waals surface area contributed by atoms with Gasteiger partial charge in [-0.05, 0) is 11.5 Å². The average molecular weight is 108 g/mol. The van der Waals surface area contributed by atoms with Crippen molar-refractivity contribution in [2.45, 2.75) is 13.8 Å². The van der Waals surface area contributed by atoms with Gasteiger partial charge < -0.3 is 4.55 Å². The van der Waals surface area contributed by atoms with E-state index in [1.807, 2.05) is 13.8 Å². The van der Waals surface area contributed by atoms with Crippen LogP contribution in [0, 0.1) is 0 Å². The molecule has 0 saturated heterocycles. The second-order valence-electron chi connectivity index (χ2n) is 1.14. The maximum atomic E-state index is 8.73. The fourth-order valence-corrected chi connectivity index (χ4v) is 0.671. The van der Waals surface area contributed by atoms with Gasteiger partial charge >= 0.3 is 0 Å². The van der Waals surface area contributed by atoms with E-state index >= 15 is 0 Å². The molecule has 0 atom stereocenters. The smallest absolute Gasteiger partial charge is 0.00669 e. The van der Waals surface area contributed by atoms with Crippen LogP contribution in [0.25, 0.3) is 0 Å². The van der Waals surface area contributed by atoms with E-state index in [0.29, 0.717) is 0 Å². The number of thiol groups is 1. The van der Waals surface area contributed by atoms with Gasteiger partial charge in [-0.1, -0.05) is 13.8 Å². The molecule has 0 aliphatic carbocycles. The summed E-state index contributed by atoms with van der Waals surface area (Å²) in [7, 11) is 0. The predicted molar refractivity (Wildman–Crippen MR) is 32.7 cm³/mol. The second-order valence-corrected chi connectivity index (χ2v) is 3.42. The zero-order chi connectivity index (χ0) is 4.99. The van der Waals surface area contributed by atoms with Crippen LogP contribution in [0.15, 0.2) is 0 Å². The number of hydrogen-bond donors (Lipinski definition) is 2. The lowest BCUT2D eigenvalue weighted by Crippen LogP contribution is -1.82. The molecule has 0 aromatic heterocycles. The van der Waals surface area contributed by atoms with E-state index < -0.39 is 11.2 Å². The molecule has 0 unspecified atom stereocenters. The summed E-state index contributed by atoms with van der Waals surface area (Å²) in [4.78, 5) is 0. The lowest BCUT2D eigenvalue weighted by molar-refractivity contribution is 0.648. The molecule has 0 aliphatic heterocycles. The van der Waals surface area contributed by atoms with E-state index in [-0.39, 0.29) is 0 Å². The zero-order valence-corrected chi connectivity index (χ0v) is 5.20. The van der Waals surface area contributed by atoms with Crippen LogP contribution in [0.1, 0.15) is 13.8 Å². The van der Waals surface area contributed by atoms with E-state index in [1.54, 1.807) is 0 Å². The monoisotopic (exact) mass is 108 g/mol. The first-order chi connectivity index (χ1) is 2.81. The van der Waals surface area contributed by atoms with Gasteiger partial charge in [0.25, 0.3) is 0 Å². The first-order valence-corrected chi connectivity index (χ1v) is 3.91. The molecule has 0 bridgehead atoms. The molecular weight excluding hydrogens is 96.1 g/mol. The molecule has 0 aromatic carbocycles. The minimum Gasteiger partial charge on any atom is -0.354 e. The Hall–Kier alpha value is 0.310. The lowest BCUT2D eigenvalue weighted by atomic mass is 11.0. The summed E-state index contributed by atoms with van der Waals surface area (Å²) in [5.41, 5.74) is 0. The van der Waals surface area contributed by atoms with Gasteiger partial charge in [0.05, 0.1) is 0 Å². The molecule has 40 valence electrons. The summed E-state index contributed by atoms with van der Waals surface area (Å²) in [5, 5.41) is 0. The summed E-state index contributed by atoms with van der Waals surface area (Å²) in [6, 6.07) is 0. The Balaban J connectivity index is 2.75. The van der Waals surface area contributed by atoms with Gasteiger partial charge in [0, 0.05) is 0 Å². The molecule has 6 heavy (non-hydrogen) atoms. The lowest BCUT2D eigenvalue weighted by Gasteiger charge is -2.04. The van der Waals surface area contributed by atoms with Crippen LogP contribution >= 0.6 is 11.2 Å². The maximum absolute atomic E-state index is 8.73. The van der Waals surface area contributed by atoms with Gasteiger partial charge in [-0.3, -0.25) is 0 Å². The van der Waals surface area contributed by atoms with Gasteiger partial charge in [0.1, 0.15) is 0 Å². The molecule has 0 amide bonds. The van der Waals surface area contributed by atoms with Crippen molar-refractivity contribution >= 4 is 11.2 Å². The minimum atomic E-state index is -0.576. The van der Waals surface area contributed by atoms with E-state index in [0.717, 1.165) is 11.5 Å². The fourth-order valence-electron chi connectivity index (χ4n) is 0.224. The molecule has 1 nitrogen and oxygen atoms in total. The van der Waals surface area contributed by atoms with Crippen LogP contribution in [-0.2, 0) is 0 Å². The highest BCUT2D eigenvalue weighted by atomic mass is 32.2. The molecule has 0 aliphatic rings.